The van der Waals surface area contributed by atoms with Crippen LogP contribution < -0.4 is 4.18 Å². The number of hydrogen-bond acceptors (Lipinski definition) is 6. The first-order valence-corrected chi connectivity index (χ1v) is 10.4. The van der Waals surface area contributed by atoms with Crippen LogP contribution in [0.2, 0.25) is 0 Å². The van der Waals surface area contributed by atoms with Crippen molar-refractivity contribution >= 4 is 16.2 Å². The van der Waals surface area contributed by atoms with Gasteiger partial charge in [0, 0.05) is 6.54 Å². The summed E-state index contributed by atoms with van der Waals surface area (Å²) in [6.45, 7) is 5.49. The maximum atomic E-state index is 12.5. The molecule has 0 aliphatic carbocycles. The second kappa shape index (κ2) is 8.39. The Hall–Kier alpha value is -2.01. The zero-order chi connectivity index (χ0) is 22.0. The number of hydrogen-bond donors (Lipinski definition) is 1. The minimum atomic E-state index is -5.83. The summed E-state index contributed by atoms with van der Waals surface area (Å²) in [5.41, 5.74) is -6.18. The Morgan fingerprint density at radius 3 is 2.48 bits per heavy atom. The van der Waals surface area contributed by atoms with Crippen LogP contribution in [-0.2, 0) is 14.9 Å². The molecule has 0 spiro atoms. The summed E-state index contributed by atoms with van der Waals surface area (Å²) in [5.74, 6) is -0.585. The fourth-order valence-corrected chi connectivity index (χ4v) is 3.43. The molecule has 7 nitrogen and oxygen atoms in total. The highest BCUT2D eigenvalue weighted by atomic mass is 32.2. The predicted octanol–water partition coefficient (Wildman–Crippen LogP) is 3.74. The highest BCUT2D eigenvalue weighted by Crippen LogP contribution is 2.33. The normalized spacial score (nSPS) is 19.6. The van der Waals surface area contributed by atoms with Gasteiger partial charge in [0.2, 0.25) is 0 Å². The molecule has 2 rings (SSSR count). The number of aliphatic hydroxyl groups is 1. The lowest BCUT2D eigenvalue weighted by Gasteiger charge is -2.39. The first-order valence-electron chi connectivity index (χ1n) is 9.00. The van der Waals surface area contributed by atoms with Crippen LogP contribution in [0.1, 0.15) is 51.7 Å². The molecule has 0 saturated carbocycles. The van der Waals surface area contributed by atoms with E-state index in [-0.39, 0.29) is 5.56 Å². The lowest BCUT2D eigenvalue weighted by atomic mass is 9.93. The first-order chi connectivity index (χ1) is 13.2. The van der Waals surface area contributed by atoms with Crippen LogP contribution in [0, 0.1) is 0 Å². The number of ether oxygens (including phenoxy) is 1. The number of carbonyl (C=O) groups is 1. The van der Waals surface area contributed by atoms with Crippen LogP contribution in [-0.4, -0.2) is 48.2 Å². The molecule has 1 fully saturated rings. The van der Waals surface area contributed by atoms with Crippen molar-refractivity contribution in [3.63, 3.8) is 0 Å². The Morgan fingerprint density at radius 1 is 1.24 bits per heavy atom. The summed E-state index contributed by atoms with van der Waals surface area (Å²) in [6.07, 6.45) is 0.0369. The Bertz CT molecular complexity index is 835. The van der Waals surface area contributed by atoms with Crippen molar-refractivity contribution in [2.75, 3.05) is 6.54 Å². The van der Waals surface area contributed by atoms with Gasteiger partial charge >= 0.3 is 21.7 Å². The third-order valence-corrected chi connectivity index (χ3v) is 5.21. The molecule has 1 aliphatic rings. The number of alkyl halides is 3. The quantitative estimate of drug-likeness (QED) is 0.568. The van der Waals surface area contributed by atoms with Gasteiger partial charge in [0.15, 0.2) is 0 Å². The number of nitrogens with zero attached hydrogens (tertiary/aromatic N) is 1. The van der Waals surface area contributed by atoms with Gasteiger partial charge in [0.25, 0.3) is 0 Å². The van der Waals surface area contributed by atoms with Crippen LogP contribution in [0.4, 0.5) is 18.0 Å². The minimum absolute atomic E-state index is 0.125. The molecular formula is C18H24F3NO6S. The maximum absolute atomic E-state index is 12.5. The highest BCUT2D eigenvalue weighted by molar-refractivity contribution is 7.88. The van der Waals surface area contributed by atoms with E-state index in [0.717, 1.165) is 25.0 Å². The Balaban J connectivity index is 2.24. The third kappa shape index (κ3) is 5.99. The van der Waals surface area contributed by atoms with Crippen LogP contribution in [0.5, 0.6) is 5.75 Å². The van der Waals surface area contributed by atoms with Crippen molar-refractivity contribution in [3.8, 4) is 5.75 Å². The summed E-state index contributed by atoms with van der Waals surface area (Å²) in [5, 5.41) is 10.8. The molecule has 1 aliphatic heterocycles. The number of benzene rings is 1. The molecule has 1 heterocycles. The molecule has 1 amide bonds. The van der Waals surface area contributed by atoms with E-state index >= 15 is 0 Å². The smallest absolute Gasteiger partial charge is 0.444 e. The molecule has 29 heavy (non-hydrogen) atoms. The molecule has 164 valence electrons. The molecule has 0 aromatic heterocycles. The standard InChI is InChI=1S/C18H24F3NO6S/c1-17(2,3)27-16(24)22-10-5-4-9-14(22)15(23)12-7-6-8-13(11-12)28-29(25,26)18(19,20)21/h6-8,11,14-15,23H,4-5,9-10H2,1-3H3/t14-,15-/m0/s1. The molecular weight excluding hydrogens is 415 g/mol. The summed E-state index contributed by atoms with van der Waals surface area (Å²) in [4.78, 5) is 13.9. The van der Waals surface area contributed by atoms with Crippen molar-refractivity contribution in [2.45, 2.75) is 63.3 Å². The highest BCUT2D eigenvalue weighted by Gasteiger charge is 2.48. The summed E-state index contributed by atoms with van der Waals surface area (Å²) >= 11 is 0. The van der Waals surface area contributed by atoms with E-state index in [9.17, 15) is 31.5 Å². The van der Waals surface area contributed by atoms with Gasteiger partial charge in [-0.2, -0.15) is 21.6 Å². The Kier molecular flexibility index (Phi) is 6.73. The van der Waals surface area contributed by atoms with Gasteiger partial charge in [0.05, 0.1) is 12.1 Å². The zero-order valence-corrected chi connectivity index (χ0v) is 17.1. The third-order valence-electron chi connectivity index (χ3n) is 4.23. The van der Waals surface area contributed by atoms with Crippen LogP contribution in [0.3, 0.4) is 0 Å². The minimum Gasteiger partial charge on any atom is -0.444 e. The van der Waals surface area contributed by atoms with Crippen LogP contribution in [0.25, 0.3) is 0 Å². The summed E-state index contributed by atoms with van der Waals surface area (Å²) in [7, 11) is -5.83. The number of piperidine rings is 1. The second-order valence-corrected chi connectivity index (χ2v) is 9.28. The van der Waals surface area contributed by atoms with E-state index in [1.807, 2.05) is 0 Å². The Labute approximate surface area is 167 Å². The molecule has 1 aromatic rings. The first kappa shape index (κ1) is 23.3. The van der Waals surface area contributed by atoms with Gasteiger partial charge in [-0.1, -0.05) is 12.1 Å². The number of carbonyl (C=O) groups excluding carboxylic acids is 1. The van der Waals surface area contributed by atoms with Crippen LogP contribution >= 0.6 is 0 Å². The molecule has 1 aromatic carbocycles. The average Bonchev–Trinajstić information content (AvgIpc) is 2.58. The predicted molar refractivity (Wildman–Crippen MR) is 97.6 cm³/mol. The van der Waals surface area contributed by atoms with Crippen molar-refractivity contribution < 1.29 is 40.4 Å². The largest absolute Gasteiger partial charge is 0.534 e. The number of amides is 1. The van der Waals surface area contributed by atoms with Crippen molar-refractivity contribution in [2.24, 2.45) is 0 Å². The van der Waals surface area contributed by atoms with E-state index < -0.39 is 45.2 Å². The van der Waals surface area contributed by atoms with Gasteiger partial charge in [-0.25, -0.2) is 4.79 Å². The molecule has 1 N–H and O–H groups in total. The van der Waals surface area contributed by atoms with E-state index in [4.69, 9.17) is 4.74 Å². The van der Waals surface area contributed by atoms with Gasteiger partial charge < -0.3 is 18.9 Å². The molecule has 11 heteroatoms. The Morgan fingerprint density at radius 2 is 1.90 bits per heavy atom. The molecule has 0 radical (unpaired) electrons. The van der Waals surface area contributed by atoms with E-state index in [1.165, 1.54) is 17.0 Å². The number of aliphatic hydroxyl groups excluding tert-OH is 1. The van der Waals surface area contributed by atoms with E-state index in [0.29, 0.717) is 13.0 Å². The maximum Gasteiger partial charge on any atom is 0.534 e. The van der Waals surface area contributed by atoms with Gasteiger partial charge in [-0.05, 0) is 57.7 Å². The summed E-state index contributed by atoms with van der Waals surface area (Å²) in [6, 6.07) is 4.05. The lowest BCUT2D eigenvalue weighted by molar-refractivity contribution is -0.0500. The van der Waals surface area contributed by atoms with Crippen molar-refractivity contribution in [1.82, 2.24) is 4.90 Å². The SMILES string of the molecule is CC(C)(C)OC(=O)N1CCCC[C@H]1[C@@H](O)c1cccc(OS(=O)(=O)C(F)(F)F)c1. The van der Waals surface area contributed by atoms with Gasteiger partial charge in [-0.15, -0.1) is 0 Å². The van der Waals surface area contributed by atoms with Gasteiger partial charge in [-0.3, -0.25) is 0 Å². The molecule has 2 atom stereocenters. The number of likely N-dealkylation sites (tertiary alicyclic amines) is 1. The van der Waals surface area contributed by atoms with Crippen molar-refractivity contribution in [1.29, 1.82) is 0 Å². The average molecular weight is 439 g/mol. The zero-order valence-electron chi connectivity index (χ0n) is 16.3. The molecule has 0 bridgehead atoms. The second-order valence-electron chi connectivity index (χ2n) is 7.74. The topological polar surface area (TPSA) is 93.1 Å². The van der Waals surface area contributed by atoms with Crippen LogP contribution in [0.15, 0.2) is 24.3 Å². The van der Waals surface area contributed by atoms with E-state index in [2.05, 4.69) is 4.18 Å². The number of rotatable bonds is 4. The van der Waals surface area contributed by atoms with Gasteiger partial charge in [0.1, 0.15) is 11.4 Å². The molecule has 0 unspecified atom stereocenters. The van der Waals surface area contributed by atoms with E-state index in [1.54, 1.807) is 20.8 Å². The molecule has 1 saturated heterocycles. The monoisotopic (exact) mass is 439 g/mol. The fraction of sp³-hybridized carbons (Fsp3) is 0.611. The number of halogens is 3. The summed E-state index contributed by atoms with van der Waals surface area (Å²) < 4.78 is 69.5. The lowest BCUT2D eigenvalue weighted by Crippen LogP contribution is -2.48. The van der Waals surface area contributed by atoms with Crippen molar-refractivity contribution in [3.05, 3.63) is 29.8 Å². The fourth-order valence-electron chi connectivity index (χ4n) is 2.98.